The van der Waals surface area contributed by atoms with Crippen molar-refractivity contribution in [2.75, 3.05) is 38.1 Å². The van der Waals surface area contributed by atoms with E-state index < -0.39 is 0 Å². The molecule has 2 amide bonds. The molecule has 1 unspecified atom stereocenters. The first kappa shape index (κ1) is 19.3. The van der Waals surface area contributed by atoms with Gasteiger partial charge in [-0.3, -0.25) is 14.5 Å². The number of rotatable bonds is 8. The molecule has 144 valence electrons. The van der Waals surface area contributed by atoms with Gasteiger partial charge in [0.2, 0.25) is 11.8 Å². The third-order valence-electron chi connectivity index (χ3n) is 4.44. The molecular formula is C18H28N4O3S. The van der Waals surface area contributed by atoms with Crippen LogP contribution in [0, 0.1) is 11.8 Å². The van der Waals surface area contributed by atoms with Crippen LogP contribution in [0.1, 0.15) is 32.4 Å². The Balaban J connectivity index is 1.38. The Morgan fingerprint density at radius 3 is 2.96 bits per heavy atom. The molecule has 1 aromatic rings. The summed E-state index contributed by atoms with van der Waals surface area (Å²) in [5, 5.41) is 8.15. The van der Waals surface area contributed by atoms with Crippen LogP contribution in [0.15, 0.2) is 5.38 Å². The highest BCUT2D eigenvalue weighted by atomic mass is 32.1. The van der Waals surface area contributed by atoms with Crippen LogP contribution in [0.25, 0.3) is 0 Å². The molecule has 2 N–H and O–H groups in total. The second-order valence-electron chi connectivity index (χ2n) is 7.53. The van der Waals surface area contributed by atoms with Crippen molar-refractivity contribution < 1.29 is 14.3 Å². The fourth-order valence-electron chi connectivity index (χ4n) is 3.04. The molecule has 2 aliphatic rings. The topological polar surface area (TPSA) is 83.6 Å². The fraction of sp³-hybridized carbons (Fsp3) is 0.722. The van der Waals surface area contributed by atoms with Crippen LogP contribution in [0.3, 0.4) is 0 Å². The van der Waals surface area contributed by atoms with Gasteiger partial charge in [0, 0.05) is 37.5 Å². The Morgan fingerprint density at radius 1 is 1.42 bits per heavy atom. The Bertz CT molecular complexity index is 630. The molecule has 1 saturated heterocycles. The molecule has 0 bridgehead atoms. The maximum Gasteiger partial charge on any atom is 0.229 e. The summed E-state index contributed by atoms with van der Waals surface area (Å²) >= 11 is 1.36. The number of ether oxygens (including phenoxy) is 1. The van der Waals surface area contributed by atoms with Gasteiger partial charge in [-0.15, -0.1) is 11.3 Å². The van der Waals surface area contributed by atoms with Crippen molar-refractivity contribution in [1.29, 1.82) is 0 Å². The van der Waals surface area contributed by atoms with E-state index in [0.717, 1.165) is 32.5 Å². The number of carbonyl (C=O) groups excluding carboxylic acids is 2. The number of carbonyl (C=O) groups is 2. The Morgan fingerprint density at radius 2 is 2.23 bits per heavy atom. The molecular weight excluding hydrogens is 352 g/mol. The SMILES string of the molecule is CC(C)CN1CCOC(CNC(=O)Cc2csc(NC(=O)C3CC3)n2)C1. The molecule has 1 aliphatic carbocycles. The Hall–Kier alpha value is -1.51. The van der Waals surface area contributed by atoms with Crippen LogP contribution in [-0.2, 0) is 20.7 Å². The lowest BCUT2D eigenvalue weighted by Gasteiger charge is -2.33. The zero-order chi connectivity index (χ0) is 18.5. The van der Waals surface area contributed by atoms with Gasteiger partial charge in [0.15, 0.2) is 5.13 Å². The van der Waals surface area contributed by atoms with E-state index in [2.05, 4.69) is 34.4 Å². The minimum atomic E-state index is -0.0695. The van der Waals surface area contributed by atoms with Crippen molar-refractivity contribution in [3.8, 4) is 0 Å². The molecule has 0 radical (unpaired) electrons. The van der Waals surface area contributed by atoms with Crippen molar-refractivity contribution in [3.63, 3.8) is 0 Å². The highest BCUT2D eigenvalue weighted by molar-refractivity contribution is 7.13. The van der Waals surface area contributed by atoms with Gasteiger partial charge in [0.1, 0.15) is 0 Å². The van der Waals surface area contributed by atoms with Crippen molar-refractivity contribution in [2.45, 2.75) is 39.2 Å². The lowest BCUT2D eigenvalue weighted by molar-refractivity contribution is -0.121. The Kier molecular flexibility index (Phi) is 6.61. The molecule has 0 aromatic carbocycles. The number of aromatic nitrogens is 1. The van der Waals surface area contributed by atoms with Crippen molar-refractivity contribution >= 4 is 28.3 Å². The molecule has 8 heteroatoms. The lowest BCUT2D eigenvalue weighted by atomic mass is 10.2. The zero-order valence-corrected chi connectivity index (χ0v) is 16.3. The number of thiazole rings is 1. The average molecular weight is 381 g/mol. The van der Waals surface area contributed by atoms with Gasteiger partial charge >= 0.3 is 0 Å². The van der Waals surface area contributed by atoms with Gasteiger partial charge in [0.05, 0.1) is 24.8 Å². The van der Waals surface area contributed by atoms with E-state index in [4.69, 9.17) is 4.74 Å². The van der Waals surface area contributed by atoms with E-state index in [1.165, 1.54) is 11.3 Å². The maximum atomic E-state index is 12.2. The standard InChI is InChI=1S/C18H28N4O3S/c1-12(2)9-22-5-6-25-15(10-22)8-19-16(23)7-14-11-26-18(20-14)21-17(24)13-3-4-13/h11-13,15H,3-10H2,1-2H3,(H,19,23)(H,20,21,24). The van der Waals surface area contributed by atoms with Crippen LogP contribution in [0.2, 0.25) is 0 Å². The van der Waals surface area contributed by atoms with E-state index in [-0.39, 0.29) is 30.3 Å². The summed E-state index contributed by atoms with van der Waals surface area (Å²) in [7, 11) is 0. The number of hydrogen-bond acceptors (Lipinski definition) is 6. The van der Waals surface area contributed by atoms with Crippen LogP contribution >= 0.6 is 11.3 Å². The first-order valence-corrected chi connectivity index (χ1v) is 10.2. The minimum absolute atomic E-state index is 0.0373. The summed E-state index contributed by atoms with van der Waals surface area (Å²) in [4.78, 5) is 30.6. The highest BCUT2D eigenvalue weighted by Crippen LogP contribution is 2.30. The maximum absolute atomic E-state index is 12.2. The molecule has 2 fully saturated rings. The third-order valence-corrected chi connectivity index (χ3v) is 5.25. The quantitative estimate of drug-likeness (QED) is 0.714. The molecule has 1 aliphatic heterocycles. The number of morpholine rings is 1. The van der Waals surface area contributed by atoms with Crippen LogP contribution < -0.4 is 10.6 Å². The number of hydrogen-bond donors (Lipinski definition) is 2. The van der Waals surface area contributed by atoms with E-state index in [9.17, 15) is 9.59 Å². The van der Waals surface area contributed by atoms with E-state index in [0.29, 0.717) is 29.9 Å². The van der Waals surface area contributed by atoms with Crippen molar-refractivity contribution in [1.82, 2.24) is 15.2 Å². The van der Waals surface area contributed by atoms with Crippen LogP contribution in [-0.4, -0.2) is 60.6 Å². The predicted octanol–water partition coefficient (Wildman–Crippen LogP) is 1.51. The van der Waals surface area contributed by atoms with Gasteiger partial charge in [-0.2, -0.15) is 0 Å². The van der Waals surface area contributed by atoms with Crippen LogP contribution in [0.5, 0.6) is 0 Å². The predicted molar refractivity (Wildman–Crippen MR) is 101 cm³/mol. The van der Waals surface area contributed by atoms with Gasteiger partial charge in [-0.25, -0.2) is 4.98 Å². The molecule has 7 nitrogen and oxygen atoms in total. The summed E-state index contributed by atoms with van der Waals surface area (Å²) in [5.41, 5.74) is 0.685. The number of nitrogens with one attached hydrogen (secondary N) is 2. The van der Waals surface area contributed by atoms with Crippen LogP contribution in [0.4, 0.5) is 5.13 Å². The highest BCUT2D eigenvalue weighted by Gasteiger charge is 2.30. The summed E-state index contributed by atoms with van der Waals surface area (Å²) in [6.45, 7) is 8.51. The largest absolute Gasteiger partial charge is 0.374 e. The minimum Gasteiger partial charge on any atom is -0.374 e. The van der Waals surface area contributed by atoms with E-state index >= 15 is 0 Å². The smallest absolute Gasteiger partial charge is 0.229 e. The van der Waals surface area contributed by atoms with Gasteiger partial charge < -0.3 is 15.4 Å². The molecule has 1 aromatic heterocycles. The second-order valence-corrected chi connectivity index (χ2v) is 8.39. The first-order chi connectivity index (χ1) is 12.5. The molecule has 1 saturated carbocycles. The summed E-state index contributed by atoms with van der Waals surface area (Å²) in [6, 6.07) is 0. The second kappa shape index (κ2) is 8.92. The average Bonchev–Trinajstić information content (AvgIpc) is 3.35. The third kappa shape index (κ3) is 6.03. The molecule has 3 rings (SSSR count). The summed E-state index contributed by atoms with van der Waals surface area (Å²) < 4.78 is 5.75. The van der Waals surface area contributed by atoms with Gasteiger partial charge in [-0.05, 0) is 18.8 Å². The number of amides is 2. The fourth-order valence-corrected chi connectivity index (χ4v) is 3.75. The van der Waals surface area contributed by atoms with Crippen molar-refractivity contribution in [3.05, 3.63) is 11.1 Å². The number of nitrogens with zero attached hydrogens (tertiary/aromatic N) is 2. The van der Waals surface area contributed by atoms with Crippen molar-refractivity contribution in [2.24, 2.45) is 11.8 Å². The molecule has 1 atom stereocenters. The summed E-state index contributed by atoms with van der Waals surface area (Å²) in [6.07, 6.45) is 2.18. The van der Waals surface area contributed by atoms with Gasteiger partial charge in [0.25, 0.3) is 0 Å². The van der Waals surface area contributed by atoms with E-state index in [1.54, 1.807) is 0 Å². The normalized spacial score (nSPS) is 21.0. The molecule has 26 heavy (non-hydrogen) atoms. The zero-order valence-electron chi connectivity index (χ0n) is 15.5. The molecule has 0 spiro atoms. The summed E-state index contributed by atoms with van der Waals surface area (Å²) in [5.74, 6) is 0.745. The number of anilines is 1. The Labute approximate surface area is 158 Å². The molecule has 2 heterocycles. The first-order valence-electron chi connectivity index (χ1n) is 9.35. The lowest BCUT2D eigenvalue weighted by Crippen LogP contribution is -2.48. The van der Waals surface area contributed by atoms with Gasteiger partial charge in [-0.1, -0.05) is 13.8 Å². The van der Waals surface area contributed by atoms with E-state index in [1.807, 2.05) is 5.38 Å². The monoisotopic (exact) mass is 380 g/mol.